The molecule has 0 aliphatic rings. The van der Waals surface area contributed by atoms with Crippen LogP contribution in [0.3, 0.4) is 0 Å². The molecule has 0 fully saturated rings. The van der Waals surface area contributed by atoms with Crippen molar-refractivity contribution in [2.75, 3.05) is 19.8 Å². The molecule has 0 bridgehead atoms. The van der Waals surface area contributed by atoms with E-state index in [0.717, 1.165) is 0 Å². The van der Waals surface area contributed by atoms with Crippen molar-refractivity contribution in [3.05, 3.63) is 0 Å². The zero-order valence-corrected chi connectivity index (χ0v) is 18.0. The van der Waals surface area contributed by atoms with Gasteiger partial charge in [0.15, 0.2) is 0 Å². The SMILES string of the molecule is CC(C)C[O][Ti]([O]CC(C)C)([O]CC(C)C)[O][Si](C)(C)C. The van der Waals surface area contributed by atoms with E-state index in [9.17, 15) is 0 Å². The summed E-state index contributed by atoms with van der Waals surface area (Å²) in [5.41, 5.74) is 0. The Morgan fingerprint density at radius 2 is 0.952 bits per heavy atom. The second-order valence-corrected chi connectivity index (χ2v) is 16.1. The average molecular weight is 356 g/mol. The van der Waals surface area contributed by atoms with Crippen LogP contribution in [0.5, 0.6) is 0 Å². The molecule has 0 rings (SSSR count). The van der Waals surface area contributed by atoms with Crippen LogP contribution in [0.2, 0.25) is 19.6 Å². The standard InChI is InChI=1S/3C4H9O.C3H9OSi.Ti/c3*1-4(2)3-5;1-5(2,3)4;/h3*4H,3H2,1-2H3;1-3H3;/q4*-1;+4. The van der Waals surface area contributed by atoms with Crippen molar-refractivity contribution in [1.29, 1.82) is 0 Å². The van der Waals surface area contributed by atoms with Crippen molar-refractivity contribution in [3.8, 4) is 0 Å². The van der Waals surface area contributed by atoms with E-state index in [1.807, 2.05) is 0 Å². The molecule has 0 spiro atoms. The average Bonchev–Trinajstić information content (AvgIpc) is 2.29. The molecule has 6 heteroatoms. The Morgan fingerprint density at radius 3 is 1.14 bits per heavy atom. The topological polar surface area (TPSA) is 36.9 Å². The van der Waals surface area contributed by atoms with Gasteiger partial charge < -0.3 is 0 Å². The molecule has 0 amide bonds. The molecule has 0 unspecified atom stereocenters. The molecule has 128 valence electrons. The van der Waals surface area contributed by atoms with Gasteiger partial charge in [-0.25, -0.2) is 0 Å². The summed E-state index contributed by atoms with van der Waals surface area (Å²) in [6.45, 7) is 21.1. The summed E-state index contributed by atoms with van der Waals surface area (Å²) in [4.78, 5) is 0. The second kappa shape index (κ2) is 9.81. The zero-order chi connectivity index (χ0) is 16.7. The molecule has 21 heavy (non-hydrogen) atoms. The van der Waals surface area contributed by atoms with Gasteiger partial charge in [0.2, 0.25) is 0 Å². The summed E-state index contributed by atoms with van der Waals surface area (Å²) < 4.78 is 24.7. The fourth-order valence-corrected chi connectivity index (χ4v) is 9.57. The van der Waals surface area contributed by atoms with Crippen molar-refractivity contribution in [3.63, 3.8) is 0 Å². The Kier molecular flexibility index (Phi) is 10.2. The van der Waals surface area contributed by atoms with Crippen molar-refractivity contribution in [1.82, 2.24) is 0 Å². The van der Waals surface area contributed by atoms with Gasteiger partial charge in [-0.3, -0.25) is 0 Å². The summed E-state index contributed by atoms with van der Waals surface area (Å²) in [5.74, 6) is 1.31. The molecule has 0 saturated carbocycles. The molecular formula is C15H36O4SiTi. The van der Waals surface area contributed by atoms with E-state index in [1.165, 1.54) is 0 Å². The molecule has 0 N–H and O–H groups in total. The van der Waals surface area contributed by atoms with E-state index in [0.29, 0.717) is 37.6 Å². The van der Waals surface area contributed by atoms with Gasteiger partial charge >= 0.3 is 138 Å². The van der Waals surface area contributed by atoms with Crippen LogP contribution in [0.4, 0.5) is 0 Å². The van der Waals surface area contributed by atoms with Crippen molar-refractivity contribution in [2.45, 2.75) is 61.2 Å². The molecule has 0 aromatic heterocycles. The third kappa shape index (κ3) is 11.9. The fourth-order valence-electron chi connectivity index (χ4n) is 1.39. The molecule has 0 atom stereocenters. The molecule has 0 aromatic carbocycles. The third-order valence-corrected chi connectivity index (χ3v) is 9.55. The predicted octanol–water partition coefficient (Wildman–Crippen LogP) is 4.67. The molecule has 0 aromatic rings. The monoisotopic (exact) mass is 356 g/mol. The molecule has 0 radical (unpaired) electrons. The summed E-state index contributed by atoms with van der Waals surface area (Å²) in [5, 5.41) is 0. The maximum atomic E-state index is 6.34. The first-order valence-electron chi connectivity index (χ1n) is 8.08. The summed E-state index contributed by atoms with van der Waals surface area (Å²) in [6, 6.07) is 0. The number of hydrogen-bond acceptors (Lipinski definition) is 4. The van der Waals surface area contributed by atoms with Crippen LogP contribution in [0, 0.1) is 17.8 Å². The molecule has 0 saturated heterocycles. The molecule has 0 aliphatic heterocycles. The van der Waals surface area contributed by atoms with Gasteiger partial charge in [0.1, 0.15) is 0 Å². The van der Waals surface area contributed by atoms with Gasteiger partial charge in [-0.2, -0.15) is 0 Å². The van der Waals surface area contributed by atoms with E-state index in [2.05, 4.69) is 61.2 Å². The molecule has 4 nitrogen and oxygen atoms in total. The predicted molar refractivity (Wildman–Crippen MR) is 86.8 cm³/mol. The maximum absolute atomic E-state index is 6.34. The van der Waals surface area contributed by atoms with Gasteiger partial charge in [0.05, 0.1) is 0 Å². The van der Waals surface area contributed by atoms with E-state index >= 15 is 0 Å². The van der Waals surface area contributed by atoms with E-state index < -0.39 is 26.5 Å². The molecule has 0 aliphatic carbocycles. The van der Waals surface area contributed by atoms with Crippen LogP contribution in [0.15, 0.2) is 0 Å². The van der Waals surface area contributed by atoms with Crippen molar-refractivity contribution in [2.24, 2.45) is 17.8 Å². The minimum atomic E-state index is -3.65. The van der Waals surface area contributed by atoms with E-state index in [4.69, 9.17) is 13.0 Å². The Bertz CT molecular complexity index is 246. The summed E-state index contributed by atoms with van der Waals surface area (Å²) in [6.07, 6.45) is 0. The van der Waals surface area contributed by atoms with Gasteiger partial charge in [0, 0.05) is 0 Å². The van der Waals surface area contributed by atoms with Crippen molar-refractivity contribution < 1.29 is 31.1 Å². The Hall–Kier alpha value is 0.771. The van der Waals surface area contributed by atoms with Crippen LogP contribution in [0.1, 0.15) is 41.5 Å². The molecule has 0 heterocycles. The Balaban J connectivity index is 5.04. The third-order valence-electron chi connectivity index (χ3n) is 2.21. The zero-order valence-electron chi connectivity index (χ0n) is 15.5. The number of rotatable bonds is 11. The first-order valence-corrected chi connectivity index (χ1v) is 14.0. The summed E-state index contributed by atoms with van der Waals surface area (Å²) >= 11 is -3.65. The fraction of sp³-hybridized carbons (Fsp3) is 1.00. The Labute approximate surface area is 138 Å². The van der Waals surface area contributed by atoms with Crippen LogP contribution < -0.4 is 0 Å². The minimum absolute atomic E-state index is 0.436. The van der Waals surface area contributed by atoms with Gasteiger partial charge in [-0.05, 0) is 0 Å². The van der Waals surface area contributed by atoms with Gasteiger partial charge in [-0.1, -0.05) is 0 Å². The summed E-state index contributed by atoms with van der Waals surface area (Å²) in [7, 11) is -1.80. The first kappa shape index (κ1) is 21.8. The van der Waals surface area contributed by atoms with E-state index in [1.54, 1.807) is 0 Å². The van der Waals surface area contributed by atoms with E-state index in [-0.39, 0.29) is 0 Å². The van der Waals surface area contributed by atoms with Crippen molar-refractivity contribution >= 4 is 8.32 Å². The van der Waals surface area contributed by atoms with Crippen LogP contribution >= 0.6 is 0 Å². The first-order chi connectivity index (χ1) is 9.46. The molecular weight excluding hydrogens is 320 g/mol. The second-order valence-electron chi connectivity index (χ2n) is 7.83. The van der Waals surface area contributed by atoms with Crippen LogP contribution in [-0.4, -0.2) is 28.1 Å². The number of hydrogen-bond donors (Lipinski definition) is 0. The van der Waals surface area contributed by atoms with Gasteiger partial charge in [-0.15, -0.1) is 0 Å². The van der Waals surface area contributed by atoms with Crippen LogP contribution in [0.25, 0.3) is 0 Å². The van der Waals surface area contributed by atoms with Crippen LogP contribution in [-0.2, 0) is 31.1 Å². The van der Waals surface area contributed by atoms with Gasteiger partial charge in [0.25, 0.3) is 0 Å². The quantitative estimate of drug-likeness (QED) is 0.504. The normalized spacial score (nSPS) is 13.7. The Morgan fingerprint density at radius 1 is 0.667 bits per heavy atom.